The van der Waals surface area contributed by atoms with Crippen molar-refractivity contribution in [1.29, 1.82) is 0 Å². The molecule has 0 saturated carbocycles. The highest BCUT2D eigenvalue weighted by molar-refractivity contribution is 7.89. The van der Waals surface area contributed by atoms with Crippen LogP contribution < -0.4 is 29.3 Å². The lowest BCUT2D eigenvalue weighted by Crippen LogP contribution is -2.50. The number of nitrogens with zero attached hydrogens (tertiary/aromatic N) is 2. The van der Waals surface area contributed by atoms with Crippen LogP contribution >= 0.6 is 0 Å². The van der Waals surface area contributed by atoms with Crippen LogP contribution in [0.3, 0.4) is 0 Å². The predicted octanol–water partition coefficient (Wildman–Crippen LogP) is 5.04. The first-order chi connectivity index (χ1) is 24.9. The second-order valence-electron chi connectivity index (χ2n) is 11.3. The van der Waals surface area contributed by atoms with Gasteiger partial charge in [-0.2, -0.15) is 0 Å². The van der Waals surface area contributed by atoms with Crippen molar-refractivity contribution in [2.24, 2.45) is 0 Å². The van der Waals surface area contributed by atoms with Crippen molar-refractivity contribution >= 4 is 39.1 Å². The lowest BCUT2D eigenvalue weighted by atomic mass is 10.0. The fourth-order valence-electron chi connectivity index (χ4n) is 5.26. The maximum Gasteiger partial charge on any atom is 0.253 e. The van der Waals surface area contributed by atoms with E-state index in [2.05, 4.69) is 23.2 Å². The summed E-state index contributed by atoms with van der Waals surface area (Å²) in [7, 11) is -1.52. The zero-order chi connectivity index (χ0) is 37.8. The van der Waals surface area contributed by atoms with Gasteiger partial charge in [0.2, 0.25) is 21.8 Å². The Balaban J connectivity index is 1.62. The van der Waals surface area contributed by atoms with Gasteiger partial charge < -0.3 is 24.6 Å². The van der Waals surface area contributed by atoms with Gasteiger partial charge in [0.1, 0.15) is 29.2 Å². The van der Waals surface area contributed by atoms with Gasteiger partial charge in [-0.15, -0.1) is 13.2 Å². The molecule has 0 heterocycles. The number of amides is 3. The van der Waals surface area contributed by atoms with Crippen molar-refractivity contribution in [1.82, 2.24) is 10.0 Å². The van der Waals surface area contributed by atoms with Gasteiger partial charge in [0.25, 0.3) is 5.91 Å². The number of halogens is 2. The molecule has 11 nitrogen and oxygen atoms in total. The molecule has 0 aliphatic rings. The highest BCUT2D eigenvalue weighted by Gasteiger charge is 2.30. The fourth-order valence-corrected chi connectivity index (χ4v) is 6.44. The van der Waals surface area contributed by atoms with Crippen LogP contribution in [-0.4, -0.2) is 66.0 Å². The fraction of sp³-hybridized carbons (Fsp3) is 0.184. The van der Waals surface area contributed by atoms with Crippen molar-refractivity contribution in [3.63, 3.8) is 0 Å². The molecule has 0 aliphatic carbocycles. The molecule has 4 aromatic rings. The average molecular weight is 733 g/mol. The molecule has 0 spiro atoms. The number of sulfonamides is 1. The smallest absolute Gasteiger partial charge is 0.253 e. The summed E-state index contributed by atoms with van der Waals surface area (Å²) in [4.78, 5) is 43.4. The first-order valence-electron chi connectivity index (χ1n) is 15.9. The molecule has 2 N–H and O–H groups in total. The molecule has 0 bridgehead atoms. The summed E-state index contributed by atoms with van der Waals surface area (Å²) in [5.74, 6) is -2.94. The number of carbonyl (C=O) groups is 3. The Kier molecular flexibility index (Phi) is 13.4. The van der Waals surface area contributed by atoms with Gasteiger partial charge in [0.15, 0.2) is 0 Å². The van der Waals surface area contributed by atoms with E-state index in [1.165, 1.54) is 60.4 Å². The Morgan fingerprint density at radius 1 is 0.788 bits per heavy atom. The van der Waals surface area contributed by atoms with E-state index in [4.69, 9.17) is 9.47 Å². The molecule has 4 aromatic carbocycles. The second-order valence-corrected chi connectivity index (χ2v) is 13.0. The summed E-state index contributed by atoms with van der Waals surface area (Å²) in [5.41, 5.74) is 0.598. The van der Waals surface area contributed by atoms with E-state index in [-0.39, 0.29) is 30.6 Å². The normalized spacial score (nSPS) is 11.5. The SMILES string of the molecule is C=CCN(C(=O)CNS(=O)(=O)c1ccccc1C(=O)N[C@@H](Cc1cc(F)cc(F)c1)C(=O)N(CC=C)c1ccc(OC)cc1)c1ccc(OC)cc1. The van der Waals surface area contributed by atoms with E-state index in [1.807, 2.05) is 0 Å². The minimum Gasteiger partial charge on any atom is -0.497 e. The van der Waals surface area contributed by atoms with Crippen molar-refractivity contribution in [2.45, 2.75) is 17.4 Å². The standard InChI is InChI=1S/C38H38F2N4O7S/c1-5-19-43(29-11-15-31(50-3)16-12-29)36(45)25-41-52(48,49)35-10-8-7-9-33(35)37(46)42-34(23-26-21-27(39)24-28(40)22-26)38(47)44(20-6-2)30-13-17-32(51-4)18-14-30/h5-18,21-22,24,34,41H,1-2,19-20,23,25H2,3-4H3,(H,42,46)/t34-/m0/s1. The number of hydrogen-bond acceptors (Lipinski definition) is 7. The number of benzene rings is 4. The molecule has 0 aliphatic heterocycles. The number of hydrogen-bond donors (Lipinski definition) is 2. The van der Waals surface area contributed by atoms with Crippen molar-refractivity contribution in [2.75, 3.05) is 43.7 Å². The Bertz CT molecular complexity index is 2000. The number of carbonyl (C=O) groups excluding carboxylic acids is 3. The minimum atomic E-state index is -4.50. The largest absolute Gasteiger partial charge is 0.497 e. The molecule has 4 rings (SSSR count). The molecule has 272 valence electrons. The van der Waals surface area contributed by atoms with Crippen LogP contribution in [0.25, 0.3) is 0 Å². The Labute approximate surface area is 301 Å². The Morgan fingerprint density at radius 3 is 1.85 bits per heavy atom. The van der Waals surface area contributed by atoms with Crippen molar-refractivity contribution in [3.8, 4) is 11.5 Å². The summed E-state index contributed by atoms with van der Waals surface area (Å²) in [5, 5.41) is 2.57. The number of nitrogens with one attached hydrogen (secondary N) is 2. The molecular weight excluding hydrogens is 695 g/mol. The van der Waals surface area contributed by atoms with E-state index in [1.54, 1.807) is 48.5 Å². The Morgan fingerprint density at radius 2 is 1.31 bits per heavy atom. The summed E-state index contributed by atoms with van der Waals surface area (Å²) >= 11 is 0. The van der Waals surface area contributed by atoms with Gasteiger partial charge in [-0.1, -0.05) is 24.3 Å². The number of methoxy groups -OCH3 is 2. The predicted molar refractivity (Wildman–Crippen MR) is 194 cm³/mol. The first kappa shape index (κ1) is 38.9. The number of rotatable bonds is 17. The quantitative estimate of drug-likeness (QED) is 0.145. The summed E-state index contributed by atoms with van der Waals surface area (Å²) < 4.78 is 68.2. The summed E-state index contributed by atoms with van der Waals surface area (Å²) in [6.45, 7) is 6.80. The van der Waals surface area contributed by atoms with Gasteiger partial charge in [-0.25, -0.2) is 21.9 Å². The topological polar surface area (TPSA) is 134 Å². The van der Waals surface area contributed by atoms with Crippen LogP contribution in [-0.2, 0) is 26.0 Å². The van der Waals surface area contributed by atoms with Crippen LogP contribution in [0, 0.1) is 11.6 Å². The molecule has 3 amide bonds. The molecule has 0 saturated heterocycles. The molecule has 0 aromatic heterocycles. The molecule has 52 heavy (non-hydrogen) atoms. The minimum absolute atomic E-state index is 0.00262. The molecule has 1 atom stereocenters. The third-order valence-corrected chi connectivity index (χ3v) is 9.22. The second kappa shape index (κ2) is 17.9. The van der Waals surface area contributed by atoms with Crippen LogP contribution in [0.5, 0.6) is 11.5 Å². The summed E-state index contributed by atoms with van der Waals surface area (Å²) in [6, 6.07) is 19.6. The monoisotopic (exact) mass is 732 g/mol. The number of anilines is 2. The maximum absolute atomic E-state index is 14.2. The van der Waals surface area contributed by atoms with Crippen molar-refractivity contribution < 1.29 is 41.1 Å². The summed E-state index contributed by atoms with van der Waals surface area (Å²) in [6.07, 6.45) is 2.59. The van der Waals surface area contributed by atoms with E-state index in [0.717, 1.165) is 12.1 Å². The lowest BCUT2D eigenvalue weighted by molar-refractivity contribution is -0.120. The molecule has 0 unspecified atom stereocenters. The zero-order valence-electron chi connectivity index (χ0n) is 28.6. The highest BCUT2D eigenvalue weighted by atomic mass is 32.2. The van der Waals surface area contributed by atoms with Gasteiger partial charge in [0, 0.05) is 37.0 Å². The third-order valence-electron chi connectivity index (χ3n) is 7.76. The highest BCUT2D eigenvalue weighted by Crippen LogP contribution is 2.23. The maximum atomic E-state index is 14.2. The Hall–Kier alpha value is -5.86. The van der Waals surface area contributed by atoms with E-state index < -0.39 is 56.9 Å². The third kappa shape index (κ3) is 9.89. The van der Waals surface area contributed by atoms with Crippen LogP contribution in [0.15, 0.2) is 121 Å². The first-order valence-corrected chi connectivity index (χ1v) is 17.3. The van der Waals surface area contributed by atoms with E-state index in [9.17, 15) is 31.6 Å². The van der Waals surface area contributed by atoms with E-state index in [0.29, 0.717) is 28.9 Å². The molecule has 14 heteroatoms. The average Bonchev–Trinajstić information content (AvgIpc) is 3.14. The van der Waals surface area contributed by atoms with Crippen LogP contribution in [0.4, 0.5) is 20.2 Å². The van der Waals surface area contributed by atoms with Crippen molar-refractivity contribution in [3.05, 3.63) is 139 Å². The lowest BCUT2D eigenvalue weighted by Gasteiger charge is -2.28. The van der Waals surface area contributed by atoms with Gasteiger partial charge in [-0.05, 0) is 78.4 Å². The molecular formula is C38H38F2N4O7S. The molecule has 0 fully saturated rings. The zero-order valence-corrected chi connectivity index (χ0v) is 29.4. The van der Waals surface area contributed by atoms with Gasteiger partial charge in [0.05, 0.1) is 31.2 Å². The number of ether oxygens (including phenoxy) is 2. The van der Waals surface area contributed by atoms with Crippen LogP contribution in [0.2, 0.25) is 0 Å². The molecule has 0 radical (unpaired) electrons. The van der Waals surface area contributed by atoms with Gasteiger partial charge in [-0.3, -0.25) is 14.4 Å². The van der Waals surface area contributed by atoms with E-state index >= 15 is 0 Å². The van der Waals surface area contributed by atoms with Crippen LogP contribution in [0.1, 0.15) is 15.9 Å². The van der Waals surface area contributed by atoms with Gasteiger partial charge >= 0.3 is 0 Å².